The van der Waals surface area contributed by atoms with Crippen molar-refractivity contribution in [2.75, 3.05) is 0 Å². The first-order valence-corrected chi connectivity index (χ1v) is 8.65. The molecule has 0 radical (unpaired) electrons. The second-order valence-electron chi connectivity index (χ2n) is 6.04. The summed E-state index contributed by atoms with van der Waals surface area (Å²) in [4.78, 5) is 16.1. The topological polar surface area (TPSA) is 57.6 Å². The van der Waals surface area contributed by atoms with Crippen LogP contribution in [0.4, 0.5) is 0 Å². The summed E-state index contributed by atoms with van der Waals surface area (Å²) < 4.78 is 0. The molecule has 4 rings (SSSR count). The fraction of sp³-hybridized carbons (Fsp3) is 0. The van der Waals surface area contributed by atoms with Gasteiger partial charge in [-0.2, -0.15) is 5.10 Å². The lowest BCUT2D eigenvalue weighted by atomic mass is 10.0. The first-order valence-electron chi connectivity index (χ1n) is 8.65. The van der Waals surface area contributed by atoms with Crippen molar-refractivity contribution in [1.29, 1.82) is 0 Å². The van der Waals surface area contributed by atoms with Crippen LogP contribution in [0.15, 0.2) is 101 Å². The Morgan fingerprint density at radius 3 is 2.15 bits per heavy atom. The minimum absolute atomic E-state index is 0.155. The van der Waals surface area contributed by atoms with Crippen LogP contribution in [0.5, 0.6) is 0 Å². The van der Waals surface area contributed by atoms with E-state index >= 15 is 0 Å². The lowest BCUT2D eigenvalue weighted by Crippen LogP contribution is -2.15. The molecular formula is C23H17N3O. The minimum atomic E-state index is -0.155. The van der Waals surface area contributed by atoms with Gasteiger partial charge >= 0.3 is 0 Å². The molecule has 0 atom stereocenters. The maximum Gasteiger partial charge on any atom is 0.213 e. The number of hydrogen-bond donors (Lipinski definition) is 1. The standard InChI is InChI=1S/C23H17N3O/c27-23(18-11-5-2-6-12-18)22(17-9-3-1-4-10-17)26-25-16-19-15-24-21-14-8-7-13-20(19)21/h1-16,24H/b25-16+,26-22-. The lowest BCUT2D eigenvalue weighted by molar-refractivity contribution is 0.106. The predicted molar refractivity (Wildman–Crippen MR) is 110 cm³/mol. The molecular weight excluding hydrogens is 334 g/mol. The van der Waals surface area contributed by atoms with E-state index in [4.69, 9.17) is 0 Å². The molecule has 0 saturated carbocycles. The fourth-order valence-electron chi connectivity index (χ4n) is 2.91. The van der Waals surface area contributed by atoms with Gasteiger partial charge < -0.3 is 4.98 Å². The number of nitrogens with zero attached hydrogens (tertiary/aromatic N) is 2. The van der Waals surface area contributed by atoms with Gasteiger partial charge in [-0.15, -0.1) is 5.10 Å². The summed E-state index contributed by atoms with van der Waals surface area (Å²) in [6, 6.07) is 26.5. The number of aromatic amines is 1. The van der Waals surface area contributed by atoms with Crippen LogP contribution in [-0.4, -0.2) is 22.7 Å². The Morgan fingerprint density at radius 2 is 1.41 bits per heavy atom. The number of H-pyrrole nitrogens is 1. The van der Waals surface area contributed by atoms with Crippen molar-refractivity contribution in [2.45, 2.75) is 0 Å². The Hall–Kier alpha value is -3.79. The second kappa shape index (κ2) is 7.62. The number of ketones is 1. The monoisotopic (exact) mass is 351 g/mol. The molecule has 1 aromatic heterocycles. The van der Waals surface area contributed by atoms with Crippen LogP contribution in [0.1, 0.15) is 21.5 Å². The quantitative estimate of drug-likeness (QED) is 0.311. The van der Waals surface area contributed by atoms with E-state index in [1.807, 2.05) is 79.0 Å². The zero-order valence-corrected chi connectivity index (χ0v) is 14.5. The van der Waals surface area contributed by atoms with Crippen molar-refractivity contribution in [3.63, 3.8) is 0 Å². The van der Waals surface area contributed by atoms with E-state index in [-0.39, 0.29) is 5.78 Å². The van der Waals surface area contributed by atoms with E-state index in [1.165, 1.54) is 0 Å². The van der Waals surface area contributed by atoms with Gasteiger partial charge in [0.2, 0.25) is 5.78 Å². The molecule has 0 saturated heterocycles. The third-order valence-corrected chi connectivity index (χ3v) is 4.27. The highest BCUT2D eigenvalue weighted by atomic mass is 16.1. The molecule has 0 bridgehead atoms. The van der Waals surface area contributed by atoms with Crippen LogP contribution in [0.25, 0.3) is 10.9 Å². The Kier molecular flexibility index (Phi) is 4.70. The van der Waals surface area contributed by atoms with Crippen molar-refractivity contribution < 1.29 is 4.79 Å². The minimum Gasteiger partial charge on any atom is -0.361 e. The van der Waals surface area contributed by atoms with Gasteiger partial charge in [0.15, 0.2) is 0 Å². The fourth-order valence-corrected chi connectivity index (χ4v) is 2.91. The first kappa shape index (κ1) is 16.7. The summed E-state index contributed by atoms with van der Waals surface area (Å²) in [6.45, 7) is 0. The molecule has 0 fully saturated rings. The Labute approximate surface area is 156 Å². The summed E-state index contributed by atoms with van der Waals surface area (Å²) in [5.74, 6) is -0.155. The van der Waals surface area contributed by atoms with Crippen LogP contribution < -0.4 is 0 Å². The van der Waals surface area contributed by atoms with Gasteiger partial charge in [-0.25, -0.2) is 0 Å². The Bertz CT molecular complexity index is 1130. The van der Waals surface area contributed by atoms with Gasteiger partial charge in [-0.1, -0.05) is 78.9 Å². The maximum absolute atomic E-state index is 12.9. The lowest BCUT2D eigenvalue weighted by Gasteiger charge is -2.04. The average molecular weight is 351 g/mol. The van der Waals surface area contributed by atoms with E-state index in [0.29, 0.717) is 11.3 Å². The largest absolute Gasteiger partial charge is 0.361 e. The number of Topliss-reactive ketones (excluding diaryl/α,β-unsaturated/α-hetero) is 1. The molecule has 1 heterocycles. The van der Waals surface area contributed by atoms with Gasteiger partial charge in [-0.05, 0) is 6.07 Å². The molecule has 0 spiro atoms. The number of rotatable bonds is 5. The maximum atomic E-state index is 12.9. The van der Waals surface area contributed by atoms with Crippen LogP contribution in [-0.2, 0) is 0 Å². The van der Waals surface area contributed by atoms with E-state index < -0.39 is 0 Å². The highest BCUT2D eigenvalue weighted by Crippen LogP contribution is 2.16. The van der Waals surface area contributed by atoms with Crippen molar-refractivity contribution >= 4 is 28.6 Å². The van der Waals surface area contributed by atoms with Crippen molar-refractivity contribution in [2.24, 2.45) is 10.2 Å². The number of aromatic nitrogens is 1. The van der Waals surface area contributed by atoms with E-state index in [0.717, 1.165) is 22.0 Å². The number of fused-ring (bicyclic) bond motifs is 1. The summed E-state index contributed by atoms with van der Waals surface area (Å²) in [5, 5.41) is 9.55. The summed E-state index contributed by atoms with van der Waals surface area (Å²) >= 11 is 0. The van der Waals surface area contributed by atoms with Crippen molar-refractivity contribution in [3.05, 3.63) is 108 Å². The molecule has 0 aliphatic carbocycles. The molecule has 3 aromatic carbocycles. The second-order valence-corrected chi connectivity index (χ2v) is 6.04. The average Bonchev–Trinajstić information content (AvgIpc) is 3.15. The zero-order valence-electron chi connectivity index (χ0n) is 14.5. The summed E-state index contributed by atoms with van der Waals surface area (Å²) in [6.07, 6.45) is 3.55. The molecule has 1 N–H and O–H groups in total. The molecule has 0 aliphatic rings. The molecule has 4 heteroatoms. The molecule has 0 amide bonds. The smallest absolute Gasteiger partial charge is 0.213 e. The third kappa shape index (κ3) is 3.60. The number of hydrogen-bond acceptors (Lipinski definition) is 3. The number of nitrogens with one attached hydrogen (secondary N) is 1. The highest BCUT2D eigenvalue weighted by molar-refractivity contribution is 6.51. The highest BCUT2D eigenvalue weighted by Gasteiger charge is 2.16. The van der Waals surface area contributed by atoms with Gasteiger partial charge in [0.1, 0.15) is 5.71 Å². The van der Waals surface area contributed by atoms with Crippen LogP contribution in [0.2, 0.25) is 0 Å². The SMILES string of the molecule is O=C(/C(=N\N=C\c1c[nH]c2ccccc12)c1ccccc1)c1ccccc1. The van der Waals surface area contributed by atoms with E-state index in [9.17, 15) is 4.79 Å². The molecule has 0 unspecified atom stereocenters. The zero-order chi connectivity index (χ0) is 18.5. The number of carbonyl (C=O) groups excluding carboxylic acids is 1. The van der Waals surface area contributed by atoms with Crippen LogP contribution in [0, 0.1) is 0 Å². The van der Waals surface area contributed by atoms with Gasteiger partial charge in [0.25, 0.3) is 0 Å². The van der Waals surface area contributed by atoms with Crippen molar-refractivity contribution in [1.82, 2.24) is 4.98 Å². The Balaban J connectivity index is 1.71. The first-order chi connectivity index (χ1) is 13.3. The van der Waals surface area contributed by atoms with E-state index in [1.54, 1.807) is 18.3 Å². The van der Waals surface area contributed by atoms with Gasteiger partial charge in [0.05, 0.1) is 6.21 Å². The van der Waals surface area contributed by atoms with Crippen LogP contribution >= 0.6 is 0 Å². The van der Waals surface area contributed by atoms with E-state index in [2.05, 4.69) is 15.2 Å². The molecule has 130 valence electrons. The number of benzene rings is 3. The van der Waals surface area contributed by atoms with Crippen molar-refractivity contribution in [3.8, 4) is 0 Å². The summed E-state index contributed by atoms with van der Waals surface area (Å²) in [7, 11) is 0. The normalized spacial score (nSPS) is 11.9. The van der Waals surface area contributed by atoms with Crippen LogP contribution in [0.3, 0.4) is 0 Å². The van der Waals surface area contributed by atoms with Gasteiger partial charge in [0, 0.05) is 33.8 Å². The summed E-state index contributed by atoms with van der Waals surface area (Å²) in [5.41, 5.74) is 3.60. The molecule has 4 aromatic rings. The Morgan fingerprint density at radius 1 is 0.778 bits per heavy atom. The third-order valence-electron chi connectivity index (χ3n) is 4.27. The number of para-hydroxylation sites is 1. The predicted octanol–water partition coefficient (Wildman–Crippen LogP) is 4.87. The molecule has 4 nitrogen and oxygen atoms in total. The van der Waals surface area contributed by atoms with Gasteiger partial charge in [-0.3, -0.25) is 4.79 Å². The number of carbonyl (C=O) groups is 1. The molecule has 0 aliphatic heterocycles. The molecule has 27 heavy (non-hydrogen) atoms.